The van der Waals surface area contributed by atoms with E-state index in [-0.39, 0.29) is 0 Å². The van der Waals surface area contributed by atoms with Crippen LogP contribution in [0.25, 0.3) is 117 Å². The summed E-state index contributed by atoms with van der Waals surface area (Å²) < 4.78 is 15.4. The van der Waals surface area contributed by atoms with Crippen LogP contribution in [0.1, 0.15) is 0 Å². The maximum Gasteiger partial charge on any atom is 0.164 e. The highest BCUT2D eigenvalue weighted by molar-refractivity contribution is 6.22. The quantitative estimate of drug-likeness (QED) is 0.176. The largest absolute Gasteiger partial charge is 0.456 e. The summed E-state index contributed by atoms with van der Waals surface area (Å²) in [5.41, 5.74) is 11.5. The monoisotopic (exact) mass is 730 g/mol. The maximum absolute atomic E-state index is 6.62. The number of aromatic nitrogens is 4. The van der Waals surface area contributed by atoms with Crippen molar-refractivity contribution in [2.45, 2.75) is 0 Å². The Bertz CT molecular complexity index is 3450. The first-order valence-corrected chi connectivity index (χ1v) is 19.0. The third kappa shape index (κ3) is 4.94. The van der Waals surface area contributed by atoms with Gasteiger partial charge in [0.05, 0.1) is 11.0 Å². The SMILES string of the molecule is c1ccc(-c2nc(-c3ccccc3)nc(-c3cccc4oc5ccc(-c6ccc7c(c6)c6ccc8c9ccccc9oc8c6n7-c6ccccc6)cc5c34)n2)cc1. The van der Waals surface area contributed by atoms with Crippen LogP contribution in [0, 0.1) is 0 Å². The molecule has 4 heterocycles. The first-order chi connectivity index (χ1) is 28.2. The molecule has 6 heteroatoms. The second-order valence-electron chi connectivity index (χ2n) is 14.4. The molecule has 0 aliphatic carbocycles. The Morgan fingerprint density at radius 2 is 0.965 bits per heavy atom. The number of para-hydroxylation sites is 2. The average Bonchev–Trinajstić information content (AvgIpc) is 3.96. The smallest absolute Gasteiger partial charge is 0.164 e. The van der Waals surface area contributed by atoms with E-state index in [1.165, 1.54) is 0 Å². The fraction of sp³-hybridized carbons (Fsp3) is 0. The molecule has 0 spiro atoms. The van der Waals surface area contributed by atoms with Crippen molar-refractivity contribution in [3.63, 3.8) is 0 Å². The van der Waals surface area contributed by atoms with Crippen molar-refractivity contribution in [1.82, 2.24) is 19.5 Å². The Balaban J connectivity index is 1.06. The molecular weight excluding hydrogens is 701 g/mol. The fourth-order valence-electron chi connectivity index (χ4n) is 8.43. The summed E-state index contributed by atoms with van der Waals surface area (Å²) in [7, 11) is 0. The summed E-state index contributed by atoms with van der Waals surface area (Å²) in [6.45, 7) is 0. The first-order valence-electron chi connectivity index (χ1n) is 19.0. The van der Waals surface area contributed by atoms with Crippen LogP contribution in [0.15, 0.2) is 191 Å². The van der Waals surface area contributed by atoms with E-state index in [1.807, 2.05) is 84.9 Å². The number of benzene rings is 8. The third-order valence-electron chi connectivity index (χ3n) is 11.1. The molecule has 0 amide bonds. The van der Waals surface area contributed by atoms with Crippen molar-refractivity contribution in [2.24, 2.45) is 0 Å². The van der Waals surface area contributed by atoms with Gasteiger partial charge < -0.3 is 13.4 Å². The van der Waals surface area contributed by atoms with Crippen LogP contribution in [0.4, 0.5) is 0 Å². The maximum atomic E-state index is 6.62. The number of furan rings is 2. The summed E-state index contributed by atoms with van der Waals surface area (Å²) in [4.78, 5) is 15.1. The van der Waals surface area contributed by atoms with Crippen molar-refractivity contribution in [3.8, 4) is 51.0 Å². The van der Waals surface area contributed by atoms with E-state index in [0.717, 1.165) is 99.2 Å². The first kappa shape index (κ1) is 31.5. The highest BCUT2D eigenvalue weighted by Gasteiger charge is 2.21. The van der Waals surface area contributed by atoms with Crippen molar-refractivity contribution >= 4 is 65.7 Å². The van der Waals surface area contributed by atoms with Crippen LogP contribution in [0.3, 0.4) is 0 Å². The number of nitrogens with zero attached hydrogens (tertiary/aromatic N) is 4. The van der Waals surface area contributed by atoms with Crippen LogP contribution < -0.4 is 0 Å². The van der Waals surface area contributed by atoms with E-state index in [9.17, 15) is 0 Å². The van der Waals surface area contributed by atoms with E-state index in [4.69, 9.17) is 23.8 Å². The lowest BCUT2D eigenvalue weighted by Gasteiger charge is -2.09. The number of fused-ring (bicyclic) bond motifs is 10. The van der Waals surface area contributed by atoms with E-state index in [2.05, 4.69) is 102 Å². The van der Waals surface area contributed by atoms with E-state index in [1.54, 1.807) is 0 Å². The van der Waals surface area contributed by atoms with Gasteiger partial charge in [0.1, 0.15) is 16.7 Å². The van der Waals surface area contributed by atoms with Gasteiger partial charge in [0, 0.05) is 54.7 Å². The lowest BCUT2D eigenvalue weighted by molar-refractivity contribution is 0.669. The Hall–Kier alpha value is -7.83. The van der Waals surface area contributed by atoms with Gasteiger partial charge in [-0.3, -0.25) is 0 Å². The Labute approximate surface area is 325 Å². The van der Waals surface area contributed by atoms with Gasteiger partial charge in [-0.25, -0.2) is 15.0 Å². The van der Waals surface area contributed by atoms with Crippen LogP contribution in [0.2, 0.25) is 0 Å². The normalized spacial score (nSPS) is 11.9. The molecular formula is C51H30N4O2. The minimum Gasteiger partial charge on any atom is -0.456 e. The number of hydrogen-bond acceptors (Lipinski definition) is 5. The van der Waals surface area contributed by atoms with Crippen LogP contribution in [0.5, 0.6) is 0 Å². The molecule has 0 N–H and O–H groups in total. The Kier molecular flexibility index (Phi) is 6.83. The van der Waals surface area contributed by atoms with Gasteiger partial charge in [0.2, 0.25) is 0 Å². The van der Waals surface area contributed by atoms with E-state index in [0.29, 0.717) is 17.5 Å². The zero-order chi connectivity index (χ0) is 37.5. The Morgan fingerprint density at radius 3 is 1.72 bits per heavy atom. The van der Waals surface area contributed by atoms with Gasteiger partial charge in [-0.15, -0.1) is 0 Å². The predicted molar refractivity (Wildman–Crippen MR) is 230 cm³/mol. The number of hydrogen-bond donors (Lipinski definition) is 0. The molecule has 266 valence electrons. The highest BCUT2D eigenvalue weighted by atomic mass is 16.3. The molecule has 12 rings (SSSR count). The molecule has 0 radical (unpaired) electrons. The zero-order valence-corrected chi connectivity index (χ0v) is 30.4. The van der Waals surface area contributed by atoms with Gasteiger partial charge in [0.25, 0.3) is 0 Å². The van der Waals surface area contributed by atoms with Crippen LogP contribution >= 0.6 is 0 Å². The summed E-state index contributed by atoms with van der Waals surface area (Å²) in [5, 5.41) is 6.47. The summed E-state index contributed by atoms with van der Waals surface area (Å²) in [6.07, 6.45) is 0. The van der Waals surface area contributed by atoms with E-state index >= 15 is 0 Å². The molecule has 0 fully saturated rings. The Morgan fingerprint density at radius 1 is 0.368 bits per heavy atom. The van der Waals surface area contributed by atoms with Gasteiger partial charge in [-0.05, 0) is 65.7 Å². The summed E-state index contributed by atoms with van der Waals surface area (Å²) in [6, 6.07) is 62.7. The predicted octanol–water partition coefficient (Wildman–Crippen LogP) is 13.4. The third-order valence-corrected chi connectivity index (χ3v) is 11.1. The molecule has 57 heavy (non-hydrogen) atoms. The fourth-order valence-corrected chi connectivity index (χ4v) is 8.43. The zero-order valence-electron chi connectivity index (χ0n) is 30.4. The minimum absolute atomic E-state index is 0.591. The van der Waals surface area contributed by atoms with Crippen molar-refractivity contribution < 1.29 is 8.83 Å². The molecule has 0 atom stereocenters. The summed E-state index contributed by atoms with van der Waals surface area (Å²) >= 11 is 0. The molecule has 0 aliphatic rings. The van der Waals surface area contributed by atoms with Gasteiger partial charge >= 0.3 is 0 Å². The lowest BCUT2D eigenvalue weighted by Crippen LogP contribution is -2.00. The molecule has 12 aromatic rings. The van der Waals surface area contributed by atoms with Crippen molar-refractivity contribution in [1.29, 1.82) is 0 Å². The minimum atomic E-state index is 0.591. The van der Waals surface area contributed by atoms with Crippen LogP contribution in [-0.4, -0.2) is 19.5 Å². The molecule has 0 aliphatic heterocycles. The molecule has 0 unspecified atom stereocenters. The lowest BCUT2D eigenvalue weighted by atomic mass is 9.99. The van der Waals surface area contributed by atoms with Crippen molar-refractivity contribution in [3.05, 3.63) is 182 Å². The molecule has 4 aromatic heterocycles. The molecule has 0 saturated carbocycles. The second kappa shape index (κ2) is 12.3. The standard InChI is InChI=1S/C51H30N4O2/c1-4-13-31(14-5-1)49-52-50(32-15-6-2-7-16-32)54-51(53-49)39-20-12-22-45-46(39)41-30-34(24-28-44(41)56-45)33-23-27-42-40(29-33)37-25-26-38-36-19-10-11-21-43(36)57-48(38)47(37)55(42)35-17-8-3-9-18-35/h1-30H. The van der Waals surface area contributed by atoms with Crippen molar-refractivity contribution in [2.75, 3.05) is 0 Å². The average molecular weight is 731 g/mol. The molecule has 8 aromatic carbocycles. The van der Waals surface area contributed by atoms with Gasteiger partial charge in [-0.1, -0.05) is 127 Å². The molecule has 0 saturated heterocycles. The highest BCUT2D eigenvalue weighted by Crippen LogP contribution is 2.43. The summed E-state index contributed by atoms with van der Waals surface area (Å²) in [5.74, 6) is 1.83. The van der Waals surface area contributed by atoms with Gasteiger partial charge in [0.15, 0.2) is 23.1 Å². The van der Waals surface area contributed by atoms with E-state index < -0.39 is 0 Å². The van der Waals surface area contributed by atoms with Gasteiger partial charge in [-0.2, -0.15) is 0 Å². The topological polar surface area (TPSA) is 69.9 Å². The number of rotatable bonds is 5. The molecule has 0 bridgehead atoms. The van der Waals surface area contributed by atoms with Crippen LogP contribution in [-0.2, 0) is 0 Å². The second-order valence-corrected chi connectivity index (χ2v) is 14.4. The molecule has 6 nitrogen and oxygen atoms in total.